The number of sulfonamides is 1. The average Bonchev–Trinajstić information content (AvgIpc) is 2.75. The fourth-order valence-corrected chi connectivity index (χ4v) is 4.26. The quantitative estimate of drug-likeness (QED) is 0.535. The predicted octanol–water partition coefficient (Wildman–Crippen LogP) is 4.55. The molecular formula is C21H18ClFN2O5S. The van der Waals surface area contributed by atoms with Gasteiger partial charge in [0.25, 0.3) is 15.9 Å². The number of halogens is 2. The highest BCUT2D eigenvalue weighted by atomic mass is 35.5. The van der Waals surface area contributed by atoms with Crippen molar-refractivity contribution in [3.63, 3.8) is 0 Å². The van der Waals surface area contributed by atoms with Gasteiger partial charge in [0.2, 0.25) is 0 Å². The molecule has 2 N–H and O–H groups in total. The lowest BCUT2D eigenvalue weighted by molar-refractivity contribution is 0.102. The first-order chi connectivity index (χ1) is 14.7. The van der Waals surface area contributed by atoms with Gasteiger partial charge in [0.05, 0.1) is 24.9 Å². The Morgan fingerprint density at radius 2 is 1.68 bits per heavy atom. The van der Waals surface area contributed by atoms with E-state index in [0.717, 1.165) is 18.2 Å². The molecule has 0 saturated heterocycles. The Labute approximate surface area is 183 Å². The number of nitrogens with one attached hydrogen (secondary N) is 2. The van der Waals surface area contributed by atoms with Crippen molar-refractivity contribution in [3.05, 3.63) is 77.1 Å². The Bertz CT molecular complexity index is 1220. The number of amides is 1. The van der Waals surface area contributed by atoms with E-state index in [4.69, 9.17) is 21.1 Å². The van der Waals surface area contributed by atoms with Crippen molar-refractivity contribution in [1.29, 1.82) is 0 Å². The molecule has 0 heterocycles. The zero-order chi connectivity index (χ0) is 22.6. The third-order valence-corrected chi connectivity index (χ3v) is 6.10. The summed E-state index contributed by atoms with van der Waals surface area (Å²) in [4.78, 5) is 12.4. The third-order valence-electron chi connectivity index (χ3n) is 4.24. The molecule has 0 bridgehead atoms. The minimum Gasteiger partial charge on any atom is -0.497 e. The van der Waals surface area contributed by atoms with Gasteiger partial charge in [0.1, 0.15) is 22.2 Å². The first kappa shape index (κ1) is 22.4. The molecule has 3 aromatic rings. The molecule has 0 spiro atoms. The summed E-state index contributed by atoms with van der Waals surface area (Å²) < 4.78 is 51.3. The largest absolute Gasteiger partial charge is 0.497 e. The van der Waals surface area contributed by atoms with Crippen molar-refractivity contribution in [2.45, 2.75) is 4.90 Å². The number of carbonyl (C=O) groups is 1. The van der Waals surface area contributed by atoms with Crippen molar-refractivity contribution >= 4 is 38.9 Å². The van der Waals surface area contributed by atoms with Crippen LogP contribution in [-0.4, -0.2) is 28.5 Å². The Balaban J connectivity index is 1.88. The van der Waals surface area contributed by atoms with Gasteiger partial charge in [-0.1, -0.05) is 11.6 Å². The second kappa shape index (κ2) is 9.23. The van der Waals surface area contributed by atoms with Gasteiger partial charge in [0.15, 0.2) is 0 Å². The molecule has 0 radical (unpaired) electrons. The van der Waals surface area contributed by atoms with Gasteiger partial charge in [-0.05, 0) is 54.6 Å². The van der Waals surface area contributed by atoms with E-state index < -0.39 is 21.7 Å². The van der Waals surface area contributed by atoms with Crippen LogP contribution in [0, 0.1) is 5.82 Å². The summed E-state index contributed by atoms with van der Waals surface area (Å²) in [6.07, 6.45) is 0. The summed E-state index contributed by atoms with van der Waals surface area (Å²) in [5, 5.41) is 2.59. The lowest BCUT2D eigenvalue weighted by Gasteiger charge is -2.13. The maximum Gasteiger partial charge on any atom is 0.263 e. The van der Waals surface area contributed by atoms with Crippen LogP contribution < -0.4 is 19.5 Å². The smallest absolute Gasteiger partial charge is 0.263 e. The summed E-state index contributed by atoms with van der Waals surface area (Å²) in [5.41, 5.74) is 0.578. The first-order valence-electron chi connectivity index (χ1n) is 8.85. The molecule has 0 fully saturated rings. The minimum atomic E-state index is -4.13. The van der Waals surface area contributed by atoms with E-state index in [9.17, 15) is 17.6 Å². The van der Waals surface area contributed by atoms with Gasteiger partial charge in [-0.2, -0.15) is 0 Å². The van der Waals surface area contributed by atoms with Crippen molar-refractivity contribution in [2.24, 2.45) is 0 Å². The van der Waals surface area contributed by atoms with E-state index in [1.165, 1.54) is 38.5 Å². The average molecular weight is 465 g/mol. The fourth-order valence-electron chi connectivity index (χ4n) is 2.67. The summed E-state index contributed by atoms with van der Waals surface area (Å²) in [5.74, 6) is -0.166. The highest BCUT2D eigenvalue weighted by molar-refractivity contribution is 7.92. The number of rotatable bonds is 7. The van der Waals surface area contributed by atoms with Gasteiger partial charge in [0, 0.05) is 17.3 Å². The molecule has 3 aromatic carbocycles. The van der Waals surface area contributed by atoms with Crippen LogP contribution in [0.3, 0.4) is 0 Å². The molecule has 0 aliphatic carbocycles. The van der Waals surface area contributed by atoms with E-state index in [1.807, 2.05) is 0 Å². The topological polar surface area (TPSA) is 93.7 Å². The molecule has 0 aromatic heterocycles. The molecule has 3 rings (SSSR count). The Morgan fingerprint density at radius 3 is 2.32 bits per heavy atom. The second-order valence-corrected chi connectivity index (χ2v) is 8.34. The van der Waals surface area contributed by atoms with Crippen LogP contribution in [0.1, 0.15) is 10.4 Å². The Morgan fingerprint density at radius 1 is 0.968 bits per heavy atom. The number of methoxy groups -OCH3 is 2. The van der Waals surface area contributed by atoms with Crippen LogP contribution in [0.5, 0.6) is 11.5 Å². The Hall–Kier alpha value is -3.30. The van der Waals surface area contributed by atoms with E-state index in [-0.39, 0.29) is 21.2 Å². The first-order valence-corrected chi connectivity index (χ1v) is 10.7. The van der Waals surface area contributed by atoms with Crippen LogP contribution in [0.4, 0.5) is 15.8 Å². The monoisotopic (exact) mass is 464 g/mol. The van der Waals surface area contributed by atoms with Gasteiger partial charge in [-0.3, -0.25) is 9.52 Å². The van der Waals surface area contributed by atoms with Gasteiger partial charge in [-0.25, -0.2) is 12.8 Å². The summed E-state index contributed by atoms with van der Waals surface area (Å²) >= 11 is 6.07. The zero-order valence-corrected chi connectivity index (χ0v) is 18.1. The molecule has 10 heteroatoms. The van der Waals surface area contributed by atoms with E-state index in [0.29, 0.717) is 17.2 Å². The highest BCUT2D eigenvalue weighted by Crippen LogP contribution is 2.30. The van der Waals surface area contributed by atoms with E-state index in [2.05, 4.69) is 10.0 Å². The van der Waals surface area contributed by atoms with Crippen molar-refractivity contribution in [2.75, 3.05) is 24.3 Å². The normalized spacial score (nSPS) is 11.0. The van der Waals surface area contributed by atoms with Crippen LogP contribution >= 0.6 is 11.6 Å². The highest BCUT2D eigenvalue weighted by Gasteiger charge is 2.21. The molecule has 0 atom stereocenters. The van der Waals surface area contributed by atoms with E-state index >= 15 is 0 Å². The minimum absolute atomic E-state index is 0.0572. The molecular weight excluding hydrogens is 447 g/mol. The molecule has 1 amide bonds. The number of hydrogen-bond acceptors (Lipinski definition) is 5. The second-order valence-electron chi connectivity index (χ2n) is 6.28. The lowest BCUT2D eigenvalue weighted by Crippen LogP contribution is -2.16. The standard InChI is InChI=1S/C21H18ClFN2O5S/c1-29-16-8-10-18(19(12-16)30-2)24-21(26)13-3-9-17(22)20(11-13)31(27,28)25-15-6-4-14(23)5-7-15/h3-12,25H,1-2H3,(H,24,26). The number of ether oxygens (including phenoxy) is 2. The van der Waals surface area contributed by atoms with Gasteiger partial charge < -0.3 is 14.8 Å². The molecule has 0 saturated carbocycles. The summed E-state index contributed by atoms with van der Waals surface area (Å²) in [6, 6.07) is 13.5. The van der Waals surface area contributed by atoms with Gasteiger partial charge >= 0.3 is 0 Å². The van der Waals surface area contributed by atoms with E-state index in [1.54, 1.807) is 18.2 Å². The predicted molar refractivity (Wildman–Crippen MR) is 116 cm³/mol. The fraction of sp³-hybridized carbons (Fsp3) is 0.0952. The lowest BCUT2D eigenvalue weighted by atomic mass is 10.2. The van der Waals surface area contributed by atoms with Crippen LogP contribution in [0.15, 0.2) is 65.6 Å². The van der Waals surface area contributed by atoms with Crippen LogP contribution in [-0.2, 0) is 10.0 Å². The molecule has 0 aliphatic rings. The summed E-state index contributed by atoms with van der Waals surface area (Å²) in [6.45, 7) is 0. The van der Waals surface area contributed by atoms with Crippen LogP contribution in [0.2, 0.25) is 5.02 Å². The molecule has 162 valence electrons. The maximum atomic E-state index is 13.1. The number of benzene rings is 3. The number of anilines is 2. The molecule has 31 heavy (non-hydrogen) atoms. The Kier molecular flexibility index (Phi) is 6.67. The van der Waals surface area contributed by atoms with Crippen LogP contribution in [0.25, 0.3) is 0 Å². The molecule has 0 unspecified atom stereocenters. The number of carbonyl (C=O) groups excluding carboxylic acids is 1. The summed E-state index contributed by atoms with van der Waals surface area (Å²) in [7, 11) is -1.19. The zero-order valence-electron chi connectivity index (χ0n) is 16.5. The number of hydrogen-bond donors (Lipinski definition) is 2. The van der Waals surface area contributed by atoms with Crippen molar-refractivity contribution < 1.29 is 27.1 Å². The maximum absolute atomic E-state index is 13.1. The third kappa shape index (κ3) is 5.25. The van der Waals surface area contributed by atoms with Crippen molar-refractivity contribution in [1.82, 2.24) is 0 Å². The SMILES string of the molecule is COc1ccc(NC(=O)c2ccc(Cl)c(S(=O)(=O)Nc3ccc(F)cc3)c2)c(OC)c1. The van der Waals surface area contributed by atoms with Gasteiger partial charge in [-0.15, -0.1) is 0 Å². The molecule has 7 nitrogen and oxygen atoms in total. The molecule has 0 aliphatic heterocycles. The van der Waals surface area contributed by atoms with Crippen molar-refractivity contribution in [3.8, 4) is 11.5 Å².